The van der Waals surface area contributed by atoms with Crippen molar-refractivity contribution in [1.29, 1.82) is 0 Å². The molecule has 1 aliphatic heterocycles. The molecule has 27 heavy (non-hydrogen) atoms. The smallest absolute Gasteiger partial charge is 0.344 e. The Hall–Kier alpha value is -2.96. The molecular formula is C20H23N3O4. The first kappa shape index (κ1) is 18.8. The van der Waals surface area contributed by atoms with E-state index in [1.54, 1.807) is 35.4 Å². The van der Waals surface area contributed by atoms with Crippen LogP contribution in [0.2, 0.25) is 0 Å². The lowest BCUT2D eigenvalue weighted by Crippen LogP contribution is -2.44. The molecule has 0 aliphatic carbocycles. The lowest BCUT2D eigenvalue weighted by atomic mass is 9.92. The molecule has 2 atom stereocenters. The van der Waals surface area contributed by atoms with Crippen LogP contribution in [0.5, 0.6) is 11.6 Å². The summed E-state index contributed by atoms with van der Waals surface area (Å²) >= 11 is 0. The van der Waals surface area contributed by atoms with Gasteiger partial charge in [-0.2, -0.15) is 0 Å². The Kier molecular flexibility index (Phi) is 6.01. The highest BCUT2D eigenvalue weighted by molar-refractivity contribution is 5.93. The van der Waals surface area contributed by atoms with E-state index in [-0.39, 0.29) is 24.0 Å². The zero-order chi connectivity index (χ0) is 19.2. The van der Waals surface area contributed by atoms with Crippen LogP contribution < -0.4 is 4.74 Å². The average Bonchev–Trinajstić information content (AvgIpc) is 2.66. The standard InChI is InChI=1S/C20H23N3O4/c1-14-9-15(2)12-23(11-14)18(24)13-26-20(25)17-6-4-8-22-19(17)27-16-5-3-7-21-10-16/h3-8,10,14-15H,9,11-13H2,1-2H3. The van der Waals surface area contributed by atoms with Gasteiger partial charge in [0.05, 0.1) is 6.20 Å². The Morgan fingerprint density at radius 2 is 1.89 bits per heavy atom. The average molecular weight is 369 g/mol. The zero-order valence-electron chi connectivity index (χ0n) is 15.5. The van der Waals surface area contributed by atoms with Crippen molar-refractivity contribution in [1.82, 2.24) is 14.9 Å². The van der Waals surface area contributed by atoms with Crippen LogP contribution in [0.25, 0.3) is 0 Å². The van der Waals surface area contributed by atoms with Gasteiger partial charge in [0.2, 0.25) is 5.88 Å². The number of nitrogens with zero attached hydrogens (tertiary/aromatic N) is 3. The zero-order valence-corrected chi connectivity index (χ0v) is 15.5. The molecular weight excluding hydrogens is 346 g/mol. The fourth-order valence-corrected chi connectivity index (χ4v) is 3.31. The molecule has 0 bridgehead atoms. The van der Waals surface area contributed by atoms with E-state index in [0.29, 0.717) is 30.7 Å². The third-order valence-corrected chi connectivity index (χ3v) is 4.39. The fourth-order valence-electron chi connectivity index (χ4n) is 3.31. The molecule has 0 radical (unpaired) electrons. The summed E-state index contributed by atoms with van der Waals surface area (Å²) in [6.07, 6.45) is 5.76. The predicted molar refractivity (Wildman–Crippen MR) is 98.4 cm³/mol. The number of esters is 1. The largest absolute Gasteiger partial charge is 0.452 e. The number of carbonyl (C=O) groups excluding carboxylic acids is 2. The minimum atomic E-state index is -0.645. The van der Waals surface area contributed by atoms with Gasteiger partial charge in [0, 0.05) is 25.5 Å². The molecule has 2 unspecified atom stereocenters. The lowest BCUT2D eigenvalue weighted by Gasteiger charge is -2.34. The summed E-state index contributed by atoms with van der Waals surface area (Å²) < 4.78 is 10.8. The topological polar surface area (TPSA) is 81.6 Å². The number of hydrogen-bond acceptors (Lipinski definition) is 6. The molecule has 0 saturated carbocycles. The predicted octanol–water partition coefficient (Wildman–Crippen LogP) is 2.93. The van der Waals surface area contributed by atoms with Gasteiger partial charge in [0.15, 0.2) is 6.61 Å². The number of pyridine rings is 2. The van der Waals surface area contributed by atoms with Crippen LogP contribution in [0.1, 0.15) is 30.6 Å². The van der Waals surface area contributed by atoms with E-state index in [9.17, 15) is 9.59 Å². The Morgan fingerprint density at radius 3 is 2.59 bits per heavy atom. The van der Waals surface area contributed by atoms with Crippen LogP contribution in [0, 0.1) is 11.8 Å². The molecule has 1 amide bonds. The molecule has 2 aromatic rings. The molecule has 2 aromatic heterocycles. The van der Waals surface area contributed by atoms with Crippen molar-refractivity contribution >= 4 is 11.9 Å². The molecule has 142 valence electrons. The monoisotopic (exact) mass is 369 g/mol. The number of amides is 1. The van der Waals surface area contributed by atoms with Crippen molar-refractivity contribution in [3.05, 3.63) is 48.4 Å². The SMILES string of the molecule is CC1CC(C)CN(C(=O)COC(=O)c2cccnc2Oc2cccnc2)C1. The van der Waals surface area contributed by atoms with Crippen LogP contribution in [-0.2, 0) is 9.53 Å². The van der Waals surface area contributed by atoms with Gasteiger partial charge in [-0.1, -0.05) is 13.8 Å². The molecule has 3 heterocycles. The van der Waals surface area contributed by atoms with E-state index in [1.807, 2.05) is 0 Å². The summed E-state index contributed by atoms with van der Waals surface area (Å²) in [7, 11) is 0. The highest BCUT2D eigenvalue weighted by atomic mass is 16.5. The van der Waals surface area contributed by atoms with Crippen molar-refractivity contribution in [3.63, 3.8) is 0 Å². The van der Waals surface area contributed by atoms with Crippen molar-refractivity contribution < 1.29 is 19.1 Å². The highest BCUT2D eigenvalue weighted by Gasteiger charge is 2.26. The van der Waals surface area contributed by atoms with E-state index in [2.05, 4.69) is 23.8 Å². The molecule has 1 fully saturated rings. The maximum absolute atomic E-state index is 12.4. The number of carbonyl (C=O) groups is 2. The molecule has 0 spiro atoms. The number of aromatic nitrogens is 2. The first-order chi connectivity index (χ1) is 13.0. The summed E-state index contributed by atoms with van der Waals surface area (Å²) in [6.45, 7) is 5.35. The first-order valence-electron chi connectivity index (χ1n) is 9.00. The molecule has 1 aliphatic rings. The maximum atomic E-state index is 12.4. The van der Waals surface area contributed by atoms with E-state index in [4.69, 9.17) is 9.47 Å². The molecule has 3 rings (SSSR count). The van der Waals surface area contributed by atoms with Gasteiger partial charge in [-0.3, -0.25) is 9.78 Å². The van der Waals surface area contributed by atoms with E-state index in [1.165, 1.54) is 12.4 Å². The van der Waals surface area contributed by atoms with Gasteiger partial charge in [-0.05, 0) is 42.5 Å². The van der Waals surface area contributed by atoms with Gasteiger partial charge in [-0.25, -0.2) is 9.78 Å². The second kappa shape index (κ2) is 8.62. The van der Waals surface area contributed by atoms with E-state index in [0.717, 1.165) is 6.42 Å². The summed E-state index contributed by atoms with van der Waals surface area (Å²) in [5.41, 5.74) is 0.162. The number of hydrogen-bond donors (Lipinski definition) is 0. The van der Waals surface area contributed by atoms with Crippen LogP contribution in [0.4, 0.5) is 0 Å². The Bertz CT molecular complexity index is 787. The highest BCUT2D eigenvalue weighted by Crippen LogP contribution is 2.23. The van der Waals surface area contributed by atoms with Gasteiger partial charge >= 0.3 is 5.97 Å². The number of ether oxygens (including phenoxy) is 2. The van der Waals surface area contributed by atoms with Gasteiger partial charge in [0.1, 0.15) is 11.3 Å². The number of likely N-dealkylation sites (tertiary alicyclic amines) is 1. The maximum Gasteiger partial charge on any atom is 0.344 e. The quantitative estimate of drug-likeness (QED) is 0.754. The normalized spacial score (nSPS) is 19.4. The molecule has 7 heteroatoms. The first-order valence-corrected chi connectivity index (χ1v) is 9.00. The van der Waals surface area contributed by atoms with Crippen LogP contribution in [0.3, 0.4) is 0 Å². The number of rotatable bonds is 5. The lowest BCUT2D eigenvalue weighted by molar-refractivity contribution is -0.137. The Balaban J connectivity index is 1.62. The Morgan fingerprint density at radius 1 is 1.15 bits per heavy atom. The summed E-state index contributed by atoms with van der Waals surface area (Å²) in [6, 6.07) is 6.59. The van der Waals surface area contributed by atoms with Crippen molar-refractivity contribution in [2.75, 3.05) is 19.7 Å². The molecule has 7 nitrogen and oxygen atoms in total. The molecule has 1 saturated heterocycles. The third-order valence-electron chi connectivity index (χ3n) is 4.39. The van der Waals surface area contributed by atoms with Crippen LogP contribution in [0.15, 0.2) is 42.9 Å². The van der Waals surface area contributed by atoms with Gasteiger partial charge in [-0.15, -0.1) is 0 Å². The van der Waals surface area contributed by atoms with E-state index >= 15 is 0 Å². The second-order valence-corrected chi connectivity index (χ2v) is 6.97. The summed E-state index contributed by atoms with van der Waals surface area (Å²) in [5.74, 6) is 0.645. The van der Waals surface area contributed by atoms with Gasteiger partial charge < -0.3 is 14.4 Å². The number of piperidine rings is 1. The van der Waals surface area contributed by atoms with E-state index < -0.39 is 5.97 Å². The fraction of sp³-hybridized carbons (Fsp3) is 0.400. The van der Waals surface area contributed by atoms with Crippen molar-refractivity contribution in [2.45, 2.75) is 20.3 Å². The van der Waals surface area contributed by atoms with Crippen molar-refractivity contribution in [3.8, 4) is 11.6 Å². The minimum absolute atomic E-state index is 0.114. The van der Waals surface area contributed by atoms with Crippen LogP contribution in [-0.4, -0.2) is 46.4 Å². The minimum Gasteiger partial charge on any atom is -0.452 e. The van der Waals surface area contributed by atoms with Gasteiger partial charge in [0.25, 0.3) is 5.91 Å². The summed E-state index contributed by atoms with van der Waals surface area (Å²) in [5, 5.41) is 0. The second-order valence-electron chi connectivity index (χ2n) is 6.97. The van der Waals surface area contributed by atoms with Crippen molar-refractivity contribution in [2.24, 2.45) is 11.8 Å². The molecule has 0 N–H and O–H groups in total. The summed E-state index contributed by atoms with van der Waals surface area (Å²) in [4.78, 5) is 34.6. The molecule has 0 aromatic carbocycles. The van der Waals surface area contributed by atoms with Crippen LogP contribution >= 0.6 is 0 Å². The third kappa shape index (κ3) is 5.03. The Labute approximate surface area is 158 Å².